The average Bonchev–Trinajstić information content (AvgIpc) is 3.66. The molecule has 0 nitrogen and oxygen atoms in total. The summed E-state index contributed by atoms with van der Waals surface area (Å²) in [5.74, 6) is 0. The number of aryl methyl sites for hydroxylation is 2. The van der Waals surface area contributed by atoms with E-state index in [9.17, 15) is 0 Å². The van der Waals surface area contributed by atoms with Crippen LogP contribution in [0.25, 0.3) is 34.4 Å². The first-order valence-corrected chi connectivity index (χ1v) is 35.4. The summed E-state index contributed by atoms with van der Waals surface area (Å²) >= 11 is -3.82. The maximum atomic E-state index is 2.89. The second-order valence-corrected chi connectivity index (χ2v) is 61.5. The predicted octanol–water partition coefficient (Wildman–Crippen LogP) is 12.5. The average molecular weight is 747 g/mol. The molecule has 4 aromatic rings. The van der Waals surface area contributed by atoms with Crippen LogP contribution in [0.1, 0.15) is 73.3 Å². The molecule has 0 saturated heterocycles. The third-order valence-electron chi connectivity index (χ3n) is 11.4. The first-order valence-electron chi connectivity index (χ1n) is 16.5. The molecular formula is C41H48HfSi. The summed E-state index contributed by atoms with van der Waals surface area (Å²) in [6.07, 6.45) is 15.8. The molecule has 0 radical (unpaired) electrons. The van der Waals surface area contributed by atoms with Crippen LogP contribution in [0.4, 0.5) is 0 Å². The number of rotatable bonds is 9. The van der Waals surface area contributed by atoms with Gasteiger partial charge in [-0.1, -0.05) is 0 Å². The molecule has 43 heavy (non-hydrogen) atoms. The topological polar surface area (TPSA) is 0 Å². The van der Waals surface area contributed by atoms with Crippen molar-refractivity contribution < 1.29 is 17.1 Å². The van der Waals surface area contributed by atoms with E-state index in [4.69, 9.17) is 0 Å². The summed E-state index contributed by atoms with van der Waals surface area (Å²) in [5.41, 5.74) is 13.9. The van der Waals surface area contributed by atoms with Crippen molar-refractivity contribution >= 4 is 17.6 Å². The van der Waals surface area contributed by atoms with E-state index in [2.05, 4.69) is 146 Å². The van der Waals surface area contributed by atoms with Gasteiger partial charge in [-0.05, 0) is 0 Å². The van der Waals surface area contributed by atoms with E-state index in [1.54, 1.807) is 11.1 Å². The molecule has 2 aliphatic rings. The van der Waals surface area contributed by atoms with Crippen molar-refractivity contribution in [1.82, 2.24) is 0 Å². The first-order chi connectivity index (χ1) is 20.7. The molecule has 0 heterocycles. The molecular weight excluding hydrogens is 699 g/mol. The number of fused-ring (bicyclic) bond motifs is 2. The van der Waals surface area contributed by atoms with Crippen molar-refractivity contribution in [3.63, 3.8) is 0 Å². The van der Waals surface area contributed by atoms with Crippen LogP contribution in [-0.2, 0) is 17.1 Å². The Morgan fingerprint density at radius 1 is 0.581 bits per heavy atom. The molecule has 0 saturated carbocycles. The third kappa shape index (κ3) is 5.17. The van der Waals surface area contributed by atoms with E-state index in [1.165, 1.54) is 76.2 Å². The minimum atomic E-state index is -3.82. The van der Waals surface area contributed by atoms with Gasteiger partial charge in [-0.3, -0.25) is 0 Å². The van der Waals surface area contributed by atoms with Gasteiger partial charge in [0.2, 0.25) is 0 Å². The van der Waals surface area contributed by atoms with Gasteiger partial charge in [0, 0.05) is 0 Å². The maximum absolute atomic E-state index is 3.82. The fraction of sp³-hybridized carbons (Fsp3) is 0.317. The Morgan fingerprint density at radius 2 is 1.05 bits per heavy atom. The SMILES string of the molecule is CCCCCC[Si](C)=[Hf]([CH3])([CH3])([CH]1C=Cc2c(-c3ccccc3C)cccc21)[CH]1C=Cc2c(-c3ccccc3C)cccc21. The van der Waals surface area contributed by atoms with Crippen LogP contribution in [0.2, 0.25) is 22.0 Å². The van der Waals surface area contributed by atoms with Crippen LogP contribution in [0.15, 0.2) is 97.1 Å². The zero-order valence-electron chi connectivity index (χ0n) is 27.1. The molecule has 0 N–H and O–H groups in total. The fourth-order valence-corrected chi connectivity index (χ4v) is 52.0. The van der Waals surface area contributed by atoms with Gasteiger partial charge in [0.05, 0.1) is 0 Å². The van der Waals surface area contributed by atoms with Crippen LogP contribution in [0, 0.1) is 13.8 Å². The Morgan fingerprint density at radius 3 is 1.51 bits per heavy atom. The zero-order chi connectivity index (χ0) is 30.2. The molecule has 2 atom stereocenters. The van der Waals surface area contributed by atoms with Gasteiger partial charge in [0.1, 0.15) is 0 Å². The summed E-state index contributed by atoms with van der Waals surface area (Å²) in [6, 6.07) is 33.6. The summed E-state index contributed by atoms with van der Waals surface area (Å²) in [4.78, 5) is 0. The Bertz CT molecular complexity index is 1690. The molecule has 6 rings (SSSR count). The standard InChI is InChI=1S/2C16H13.C7H16Si.2CH3.Hf/c2*1-12-6-2-3-9-14(12)16-11-5-8-13-7-4-10-15(13)16;1-3-4-5-6-7-8-2;;;/h2*2-11H,1H3;3-7H2,1-2H3;2*1H3;. The monoisotopic (exact) mass is 748 g/mol. The molecule has 0 amide bonds. The fourth-order valence-electron chi connectivity index (χ4n) is 8.38. The number of benzene rings is 4. The molecule has 0 fully saturated rings. The van der Waals surface area contributed by atoms with E-state index in [0.29, 0.717) is 7.35 Å². The molecule has 220 valence electrons. The summed E-state index contributed by atoms with van der Waals surface area (Å²) in [7, 11) is 0. The number of unbranched alkanes of at least 4 members (excludes halogenated alkanes) is 3. The number of hydrogen-bond donors (Lipinski definition) is 0. The molecule has 0 bridgehead atoms. The van der Waals surface area contributed by atoms with Crippen LogP contribution in [0.5, 0.6) is 0 Å². The van der Waals surface area contributed by atoms with Gasteiger partial charge >= 0.3 is 263 Å². The molecule has 2 heteroatoms. The molecule has 2 unspecified atom stereocenters. The van der Waals surface area contributed by atoms with E-state index in [0.717, 1.165) is 0 Å². The van der Waals surface area contributed by atoms with E-state index < -0.39 is 22.6 Å². The van der Waals surface area contributed by atoms with E-state index >= 15 is 0 Å². The third-order valence-corrected chi connectivity index (χ3v) is 69.4. The Kier molecular flexibility index (Phi) is 8.57. The minimum absolute atomic E-state index is 0.573. The molecule has 0 aliphatic heterocycles. The molecule has 0 aromatic heterocycles. The van der Waals surface area contributed by atoms with Gasteiger partial charge in [-0.15, -0.1) is 0 Å². The van der Waals surface area contributed by atoms with Crippen molar-refractivity contribution in [2.75, 3.05) is 0 Å². The number of hydrogen-bond acceptors (Lipinski definition) is 0. The van der Waals surface area contributed by atoms with Gasteiger partial charge < -0.3 is 0 Å². The molecule has 0 spiro atoms. The summed E-state index contributed by atoms with van der Waals surface area (Å²) in [5, 5.41) is 0. The van der Waals surface area contributed by atoms with Gasteiger partial charge in [0.25, 0.3) is 0 Å². The van der Waals surface area contributed by atoms with Crippen LogP contribution in [0.3, 0.4) is 0 Å². The normalized spacial score (nSPS) is 17.3. The van der Waals surface area contributed by atoms with Crippen LogP contribution in [-0.4, -0.2) is 5.49 Å². The van der Waals surface area contributed by atoms with Gasteiger partial charge in [0.15, 0.2) is 0 Å². The summed E-state index contributed by atoms with van der Waals surface area (Å²) < 4.78 is 6.92. The van der Waals surface area contributed by atoms with E-state index in [1.807, 2.05) is 0 Å². The predicted molar refractivity (Wildman–Crippen MR) is 189 cm³/mol. The summed E-state index contributed by atoms with van der Waals surface area (Å²) in [6.45, 7) is 9.60. The second-order valence-electron chi connectivity index (χ2n) is 14.1. The first kappa shape index (κ1) is 30.5. The van der Waals surface area contributed by atoms with Gasteiger partial charge in [-0.25, -0.2) is 0 Å². The van der Waals surface area contributed by atoms with Crippen molar-refractivity contribution in [3.8, 4) is 22.3 Å². The Labute approximate surface area is 261 Å². The van der Waals surface area contributed by atoms with E-state index in [-0.39, 0.29) is 0 Å². The zero-order valence-corrected chi connectivity index (χ0v) is 31.7. The van der Waals surface area contributed by atoms with Gasteiger partial charge in [-0.2, -0.15) is 0 Å². The Balaban J connectivity index is 1.53. The van der Waals surface area contributed by atoms with Crippen molar-refractivity contribution in [3.05, 3.63) is 130 Å². The second kappa shape index (κ2) is 12.1. The van der Waals surface area contributed by atoms with Crippen LogP contribution < -0.4 is 0 Å². The molecule has 2 aliphatic carbocycles. The van der Waals surface area contributed by atoms with Crippen molar-refractivity contribution in [2.24, 2.45) is 0 Å². The quantitative estimate of drug-likeness (QED) is 0.118. The van der Waals surface area contributed by atoms with Crippen molar-refractivity contribution in [1.29, 1.82) is 0 Å². The Hall–Kier alpha value is -2.55. The molecule has 4 aromatic carbocycles. The van der Waals surface area contributed by atoms with Crippen molar-refractivity contribution in [2.45, 2.75) is 75.8 Å². The van der Waals surface area contributed by atoms with Crippen LogP contribution >= 0.6 is 0 Å². The number of allylic oxidation sites excluding steroid dienone is 2.